The van der Waals surface area contributed by atoms with Gasteiger partial charge in [-0.05, 0) is 43.7 Å². The molecule has 0 spiro atoms. The molecule has 0 saturated carbocycles. The first kappa shape index (κ1) is 14.5. The second kappa shape index (κ2) is 6.01. The summed E-state index contributed by atoms with van der Waals surface area (Å²) in [6, 6.07) is 10.6. The van der Waals surface area contributed by atoms with E-state index in [-0.39, 0.29) is 5.82 Å². The lowest BCUT2D eigenvalue weighted by Crippen LogP contribution is -2.18. The smallest absolute Gasteiger partial charge is 0.146 e. The van der Waals surface area contributed by atoms with Gasteiger partial charge in [-0.2, -0.15) is 0 Å². The molecule has 1 atom stereocenters. The molecule has 1 N–H and O–H groups in total. The fourth-order valence-corrected chi connectivity index (χ4v) is 2.11. The zero-order valence-corrected chi connectivity index (χ0v) is 12.0. The van der Waals surface area contributed by atoms with Gasteiger partial charge in [-0.3, -0.25) is 4.98 Å². The van der Waals surface area contributed by atoms with Crippen LogP contribution < -0.4 is 4.90 Å². The number of hydrogen-bond acceptors (Lipinski definition) is 3. The summed E-state index contributed by atoms with van der Waals surface area (Å²) in [5, 5.41) is 9.45. The van der Waals surface area contributed by atoms with Gasteiger partial charge in [0.2, 0.25) is 0 Å². The number of anilines is 1. The second-order valence-electron chi connectivity index (χ2n) is 5.01. The Bertz CT molecular complexity index is 599. The summed E-state index contributed by atoms with van der Waals surface area (Å²) in [7, 11) is 1.82. The lowest BCUT2D eigenvalue weighted by atomic mass is 10.1. The van der Waals surface area contributed by atoms with Crippen LogP contribution in [-0.4, -0.2) is 17.1 Å². The molecule has 0 bridgehead atoms. The Morgan fingerprint density at radius 3 is 2.65 bits per heavy atom. The van der Waals surface area contributed by atoms with Crippen molar-refractivity contribution in [3.63, 3.8) is 0 Å². The van der Waals surface area contributed by atoms with Crippen LogP contribution in [0.1, 0.15) is 30.0 Å². The van der Waals surface area contributed by atoms with Gasteiger partial charge in [0, 0.05) is 12.7 Å². The Balaban J connectivity index is 2.19. The zero-order valence-electron chi connectivity index (χ0n) is 12.0. The highest BCUT2D eigenvalue weighted by molar-refractivity contribution is 5.49. The number of halogens is 1. The van der Waals surface area contributed by atoms with Gasteiger partial charge in [0.05, 0.1) is 24.0 Å². The molecular weight excluding hydrogens is 255 g/mol. The van der Waals surface area contributed by atoms with Crippen LogP contribution in [0.5, 0.6) is 0 Å². The molecule has 0 saturated heterocycles. The maximum atomic E-state index is 14.1. The highest BCUT2D eigenvalue weighted by atomic mass is 19.1. The van der Waals surface area contributed by atoms with Crippen molar-refractivity contribution in [2.45, 2.75) is 26.5 Å². The molecule has 0 amide bonds. The van der Waals surface area contributed by atoms with E-state index < -0.39 is 6.10 Å². The van der Waals surface area contributed by atoms with Crippen LogP contribution >= 0.6 is 0 Å². The minimum Gasteiger partial charge on any atom is -0.389 e. The Morgan fingerprint density at radius 2 is 2.05 bits per heavy atom. The normalized spacial score (nSPS) is 12.2. The van der Waals surface area contributed by atoms with Gasteiger partial charge in [0.1, 0.15) is 5.82 Å². The molecule has 106 valence electrons. The highest BCUT2D eigenvalue weighted by Crippen LogP contribution is 2.23. The van der Waals surface area contributed by atoms with Gasteiger partial charge >= 0.3 is 0 Å². The number of aryl methyl sites for hydroxylation is 1. The van der Waals surface area contributed by atoms with Crippen molar-refractivity contribution in [3.8, 4) is 0 Å². The minimum atomic E-state index is -0.665. The molecule has 20 heavy (non-hydrogen) atoms. The molecule has 0 fully saturated rings. The number of aromatic nitrogens is 1. The topological polar surface area (TPSA) is 36.4 Å². The van der Waals surface area contributed by atoms with E-state index >= 15 is 0 Å². The Kier molecular flexibility index (Phi) is 4.35. The summed E-state index contributed by atoms with van der Waals surface area (Å²) >= 11 is 0. The zero-order chi connectivity index (χ0) is 14.7. The molecule has 1 heterocycles. The standard InChI is InChI=1S/C16H19FN2O/c1-11-5-4-6-14(18-11)10-19(3)16-8-7-13(12(2)20)9-15(16)17/h4-9,12,20H,10H2,1-3H3/t12-/m1/s1. The fraction of sp³-hybridized carbons (Fsp3) is 0.312. The third-order valence-corrected chi connectivity index (χ3v) is 3.21. The van der Waals surface area contributed by atoms with E-state index in [0.717, 1.165) is 11.4 Å². The van der Waals surface area contributed by atoms with Crippen LogP contribution in [-0.2, 0) is 6.54 Å². The van der Waals surface area contributed by atoms with Crippen molar-refractivity contribution in [1.82, 2.24) is 4.98 Å². The number of aliphatic hydroxyl groups excluding tert-OH is 1. The summed E-state index contributed by atoms with van der Waals surface area (Å²) < 4.78 is 14.1. The number of benzene rings is 1. The van der Waals surface area contributed by atoms with Gasteiger partial charge in [0.25, 0.3) is 0 Å². The summed E-state index contributed by atoms with van der Waals surface area (Å²) in [4.78, 5) is 6.22. The first-order chi connectivity index (χ1) is 9.47. The quantitative estimate of drug-likeness (QED) is 0.930. The minimum absolute atomic E-state index is 0.335. The van der Waals surface area contributed by atoms with E-state index in [1.807, 2.05) is 37.1 Å². The molecule has 1 aromatic heterocycles. The third-order valence-electron chi connectivity index (χ3n) is 3.21. The van der Waals surface area contributed by atoms with Crippen LogP contribution in [0.3, 0.4) is 0 Å². The summed E-state index contributed by atoms with van der Waals surface area (Å²) in [5.74, 6) is -0.335. The molecule has 0 radical (unpaired) electrons. The van der Waals surface area contributed by atoms with E-state index in [2.05, 4.69) is 4.98 Å². The predicted molar refractivity (Wildman–Crippen MR) is 78.1 cm³/mol. The van der Waals surface area contributed by atoms with Crippen molar-refractivity contribution < 1.29 is 9.50 Å². The lowest BCUT2D eigenvalue weighted by Gasteiger charge is -2.20. The van der Waals surface area contributed by atoms with Crippen molar-refractivity contribution in [1.29, 1.82) is 0 Å². The Hall–Kier alpha value is -1.94. The van der Waals surface area contributed by atoms with Crippen LogP contribution in [0.15, 0.2) is 36.4 Å². The molecule has 2 rings (SSSR count). The number of rotatable bonds is 4. The number of hydrogen-bond donors (Lipinski definition) is 1. The lowest BCUT2D eigenvalue weighted by molar-refractivity contribution is 0.199. The number of nitrogens with zero attached hydrogens (tertiary/aromatic N) is 2. The second-order valence-corrected chi connectivity index (χ2v) is 5.01. The third kappa shape index (κ3) is 3.33. The summed E-state index contributed by atoms with van der Waals surface area (Å²) in [6.07, 6.45) is -0.665. The number of pyridine rings is 1. The average Bonchev–Trinajstić information content (AvgIpc) is 2.38. The van der Waals surface area contributed by atoms with Crippen LogP contribution in [0.25, 0.3) is 0 Å². The van der Waals surface area contributed by atoms with Gasteiger partial charge in [-0.1, -0.05) is 12.1 Å². The highest BCUT2D eigenvalue weighted by Gasteiger charge is 2.11. The van der Waals surface area contributed by atoms with Gasteiger partial charge in [-0.25, -0.2) is 4.39 Å². The molecule has 0 unspecified atom stereocenters. The molecular formula is C16H19FN2O. The molecule has 3 nitrogen and oxygen atoms in total. The van der Waals surface area contributed by atoms with Crippen molar-refractivity contribution in [3.05, 3.63) is 59.2 Å². The van der Waals surface area contributed by atoms with Gasteiger partial charge in [-0.15, -0.1) is 0 Å². The van der Waals surface area contributed by atoms with E-state index in [4.69, 9.17) is 0 Å². The molecule has 2 aromatic rings. The average molecular weight is 274 g/mol. The van der Waals surface area contributed by atoms with Crippen LogP contribution in [0.4, 0.5) is 10.1 Å². The van der Waals surface area contributed by atoms with E-state index in [0.29, 0.717) is 17.8 Å². The maximum absolute atomic E-state index is 14.1. The maximum Gasteiger partial charge on any atom is 0.146 e. The van der Waals surface area contributed by atoms with Crippen LogP contribution in [0.2, 0.25) is 0 Å². The fourth-order valence-electron chi connectivity index (χ4n) is 2.11. The largest absolute Gasteiger partial charge is 0.389 e. The van der Waals surface area contributed by atoms with E-state index in [9.17, 15) is 9.50 Å². The van der Waals surface area contributed by atoms with Crippen molar-refractivity contribution >= 4 is 5.69 Å². The summed E-state index contributed by atoms with van der Waals surface area (Å²) in [5.41, 5.74) is 2.92. The Morgan fingerprint density at radius 1 is 1.30 bits per heavy atom. The SMILES string of the molecule is Cc1cccc(CN(C)c2ccc([C@@H](C)O)cc2F)n1. The molecule has 1 aromatic carbocycles. The first-order valence-electron chi connectivity index (χ1n) is 6.58. The van der Waals surface area contributed by atoms with Gasteiger partial charge in [0.15, 0.2) is 0 Å². The monoisotopic (exact) mass is 274 g/mol. The molecule has 0 aliphatic heterocycles. The van der Waals surface area contributed by atoms with E-state index in [1.165, 1.54) is 6.07 Å². The van der Waals surface area contributed by atoms with Crippen LogP contribution in [0, 0.1) is 12.7 Å². The van der Waals surface area contributed by atoms with Gasteiger partial charge < -0.3 is 10.0 Å². The Labute approximate surface area is 118 Å². The molecule has 0 aliphatic carbocycles. The van der Waals surface area contributed by atoms with E-state index in [1.54, 1.807) is 19.1 Å². The molecule has 4 heteroatoms. The first-order valence-corrected chi connectivity index (χ1v) is 6.58. The summed E-state index contributed by atoms with van der Waals surface area (Å²) in [6.45, 7) is 4.09. The van der Waals surface area contributed by atoms with Crippen molar-refractivity contribution in [2.24, 2.45) is 0 Å². The molecule has 0 aliphatic rings. The predicted octanol–water partition coefficient (Wildman–Crippen LogP) is 3.22. The van der Waals surface area contributed by atoms with Crippen molar-refractivity contribution in [2.75, 3.05) is 11.9 Å². The number of aliphatic hydroxyl groups is 1.